The number of aryl methyl sites for hydroxylation is 1. The van der Waals surface area contributed by atoms with Crippen LogP contribution in [-0.2, 0) is 0 Å². The molecule has 0 unspecified atom stereocenters. The van der Waals surface area contributed by atoms with Gasteiger partial charge in [0.15, 0.2) is 0 Å². The van der Waals surface area contributed by atoms with Crippen LogP contribution in [0.5, 0.6) is 0 Å². The van der Waals surface area contributed by atoms with Crippen LogP contribution in [-0.4, -0.2) is 28.3 Å². The van der Waals surface area contributed by atoms with Gasteiger partial charge in [0.2, 0.25) is 0 Å². The summed E-state index contributed by atoms with van der Waals surface area (Å²) >= 11 is 0. The molecule has 1 N–H and O–H groups in total. The molecule has 0 radical (unpaired) electrons. The molecule has 2 aromatic carbocycles. The van der Waals surface area contributed by atoms with Crippen LogP contribution in [0.4, 0.5) is 5.69 Å². The molecule has 0 saturated carbocycles. The molecule has 1 aliphatic heterocycles. The number of anilines is 1. The average Bonchev–Trinajstić information content (AvgIpc) is 3.28. The number of nitrogens with zero attached hydrogens (tertiary/aromatic N) is 3. The Hall–Kier alpha value is -3.34. The molecule has 0 saturated heterocycles. The zero-order valence-electron chi connectivity index (χ0n) is 20.5. The van der Waals surface area contributed by atoms with E-state index in [-0.39, 0.29) is 11.4 Å². The molecule has 0 aliphatic carbocycles. The van der Waals surface area contributed by atoms with Crippen LogP contribution >= 0.6 is 0 Å². The Bertz CT molecular complexity index is 1170. The van der Waals surface area contributed by atoms with Crippen LogP contribution in [0, 0.1) is 6.92 Å². The summed E-state index contributed by atoms with van der Waals surface area (Å²) in [5.74, 6) is 0.230. The van der Waals surface area contributed by atoms with Crippen LogP contribution in [0.25, 0.3) is 5.69 Å². The summed E-state index contributed by atoms with van der Waals surface area (Å²) in [5, 5.41) is 4.31. The predicted molar refractivity (Wildman–Crippen MR) is 137 cm³/mol. The van der Waals surface area contributed by atoms with E-state index in [1.165, 1.54) is 11.3 Å². The average molecular weight is 443 g/mol. The second-order valence-corrected chi connectivity index (χ2v) is 9.96. The van der Waals surface area contributed by atoms with Crippen LogP contribution in [0.1, 0.15) is 74.0 Å². The van der Waals surface area contributed by atoms with Gasteiger partial charge >= 0.3 is 0 Å². The number of fused-ring (bicyclic) bond motifs is 1. The van der Waals surface area contributed by atoms with Gasteiger partial charge in [0, 0.05) is 29.7 Å². The lowest BCUT2D eigenvalue weighted by atomic mass is 9.78. The van der Waals surface area contributed by atoms with E-state index in [0.717, 1.165) is 23.2 Å². The first kappa shape index (κ1) is 22.8. The minimum atomic E-state index is -0.229. The van der Waals surface area contributed by atoms with Crippen molar-refractivity contribution in [1.82, 2.24) is 9.99 Å². The van der Waals surface area contributed by atoms with Gasteiger partial charge in [-0.3, -0.25) is 4.79 Å². The first-order valence-electron chi connectivity index (χ1n) is 11.7. The molecule has 0 bridgehead atoms. The minimum Gasteiger partial charge on any atom is -0.364 e. The molecule has 1 amide bonds. The number of carbonyl (C=O) groups excluding carboxylic acids is 1. The Morgan fingerprint density at radius 3 is 2.52 bits per heavy atom. The lowest BCUT2D eigenvalue weighted by molar-refractivity contribution is 0.0955. The number of amides is 1. The number of hydrogen-bond donors (Lipinski definition) is 1. The van der Waals surface area contributed by atoms with Crippen molar-refractivity contribution < 1.29 is 4.79 Å². The maximum Gasteiger partial charge on any atom is 0.273 e. The van der Waals surface area contributed by atoms with Gasteiger partial charge in [0.1, 0.15) is 0 Å². The Balaban J connectivity index is 1.58. The number of aromatic nitrogens is 1. The van der Waals surface area contributed by atoms with Crippen molar-refractivity contribution in [2.45, 2.75) is 65.5 Å². The van der Waals surface area contributed by atoms with E-state index in [9.17, 15) is 4.79 Å². The van der Waals surface area contributed by atoms with Crippen molar-refractivity contribution in [2.75, 3.05) is 4.90 Å². The van der Waals surface area contributed by atoms with E-state index in [1.807, 2.05) is 53.4 Å². The number of carbonyl (C=O) groups is 1. The largest absolute Gasteiger partial charge is 0.364 e. The van der Waals surface area contributed by atoms with E-state index >= 15 is 0 Å². The molecule has 3 aromatic rings. The highest BCUT2D eigenvalue weighted by atomic mass is 16.2. The highest BCUT2D eigenvalue weighted by Gasteiger charge is 2.37. The molecule has 1 aromatic heterocycles. The number of rotatable bonds is 5. The molecule has 5 nitrogen and oxygen atoms in total. The third-order valence-electron chi connectivity index (χ3n) is 6.58. The second kappa shape index (κ2) is 8.89. The van der Waals surface area contributed by atoms with Crippen LogP contribution in [0.2, 0.25) is 0 Å². The molecule has 2 heterocycles. The molecular formula is C28H34N4O. The smallest absolute Gasteiger partial charge is 0.273 e. The standard InChI is InChI=1S/C28H34N4O/c1-19(2)32-26-15-20(3)22(16-24(26)21(4)17-28(32,5)6)18-29-30-27(33)23-11-7-8-12-25(23)31-13-9-10-14-31/h7-16,18-19,21H,17H2,1-6H3,(H,30,33)/b29-18-/t21-/m1/s1. The minimum absolute atomic E-state index is 0.115. The lowest BCUT2D eigenvalue weighted by Gasteiger charge is -2.50. The normalized spacial score (nSPS) is 17.4. The highest BCUT2D eigenvalue weighted by molar-refractivity contribution is 5.98. The van der Waals surface area contributed by atoms with Gasteiger partial charge in [0.25, 0.3) is 5.91 Å². The topological polar surface area (TPSA) is 49.6 Å². The Morgan fingerprint density at radius 2 is 1.82 bits per heavy atom. The van der Waals surface area contributed by atoms with Gasteiger partial charge in [-0.15, -0.1) is 0 Å². The van der Waals surface area contributed by atoms with Crippen molar-refractivity contribution in [1.29, 1.82) is 0 Å². The maximum absolute atomic E-state index is 12.9. The molecule has 1 aliphatic rings. The van der Waals surface area contributed by atoms with E-state index in [1.54, 1.807) is 6.21 Å². The van der Waals surface area contributed by atoms with Gasteiger partial charge in [-0.1, -0.05) is 19.1 Å². The van der Waals surface area contributed by atoms with E-state index in [4.69, 9.17) is 0 Å². The van der Waals surface area contributed by atoms with Crippen molar-refractivity contribution in [2.24, 2.45) is 5.10 Å². The van der Waals surface area contributed by atoms with Gasteiger partial charge in [-0.25, -0.2) is 5.43 Å². The summed E-state index contributed by atoms with van der Waals surface area (Å²) in [5.41, 5.74) is 9.07. The summed E-state index contributed by atoms with van der Waals surface area (Å²) < 4.78 is 1.93. The SMILES string of the molecule is Cc1cc2c(cc1/C=N\NC(=O)c1ccccc1-n1cccc1)[C@H](C)CC(C)(C)N2C(C)C. The molecule has 33 heavy (non-hydrogen) atoms. The lowest BCUT2D eigenvalue weighted by Crippen LogP contribution is -2.51. The Morgan fingerprint density at radius 1 is 1.12 bits per heavy atom. The fraction of sp³-hybridized carbons (Fsp3) is 0.357. The molecule has 5 heteroatoms. The van der Waals surface area contributed by atoms with E-state index in [0.29, 0.717) is 17.5 Å². The van der Waals surface area contributed by atoms with E-state index < -0.39 is 0 Å². The Labute approximate surface area is 197 Å². The summed E-state index contributed by atoms with van der Waals surface area (Å²) in [4.78, 5) is 15.4. The molecule has 4 rings (SSSR count). The van der Waals surface area contributed by atoms with Crippen molar-refractivity contribution >= 4 is 17.8 Å². The summed E-state index contributed by atoms with van der Waals surface area (Å²) in [7, 11) is 0. The van der Waals surface area contributed by atoms with Crippen LogP contribution < -0.4 is 10.3 Å². The predicted octanol–water partition coefficient (Wildman–Crippen LogP) is 6.05. The zero-order chi connectivity index (χ0) is 23.8. The third kappa shape index (κ3) is 4.45. The number of hydrogen-bond acceptors (Lipinski definition) is 3. The van der Waals surface area contributed by atoms with Crippen molar-refractivity contribution in [3.63, 3.8) is 0 Å². The number of hydrazone groups is 1. The van der Waals surface area contributed by atoms with Gasteiger partial charge < -0.3 is 9.47 Å². The molecule has 0 fully saturated rings. The monoisotopic (exact) mass is 442 g/mol. The molecule has 172 valence electrons. The van der Waals surface area contributed by atoms with Crippen LogP contribution in [0.3, 0.4) is 0 Å². The first-order valence-corrected chi connectivity index (χ1v) is 11.7. The van der Waals surface area contributed by atoms with E-state index in [2.05, 4.69) is 69.1 Å². The second-order valence-electron chi connectivity index (χ2n) is 9.96. The van der Waals surface area contributed by atoms with Gasteiger partial charge in [0.05, 0.1) is 17.5 Å². The third-order valence-corrected chi connectivity index (χ3v) is 6.58. The zero-order valence-corrected chi connectivity index (χ0v) is 20.5. The number of benzene rings is 2. The first-order chi connectivity index (χ1) is 15.7. The van der Waals surface area contributed by atoms with Crippen molar-refractivity contribution in [3.05, 3.63) is 83.2 Å². The molecule has 0 spiro atoms. The highest BCUT2D eigenvalue weighted by Crippen LogP contribution is 2.45. The summed E-state index contributed by atoms with van der Waals surface area (Å²) in [6.45, 7) is 13.6. The summed E-state index contributed by atoms with van der Waals surface area (Å²) in [6.07, 6.45) is 6.71. The maximum atomic E-state index is 12.9. The number of nitrogens with one attached hydrogen (secondary N) is 1. The van der Waals surface area contributed by atoms with Crippen molar-refractivity contribution in [3.8, 4) is 5.69 Å². The molecule has 1 atom stereocenters. The number of para-hydroxylation sites is 1. The van der Waals surface area contributed by atoms with Gasteiger partial charge in [-0.05, 0) is 100 Å². The quantitative estimate of drug-likeness (QED) is 0.386. The molecular weight excluding hydrogens is 408 g/mol. The fourth-order valence-electron chi connectivity index (χ4n) is 5.34. The fourth-order valence-corrected chi connectivity index (χ4v) is 5.34. The summed E-state index contributed by atoms with van der Waals surface area (Å²) in [6, 6.07) is 16.3. The van der Waals surface area contributed by atoms with Crippen LogP contribution in [0.15, 0.2) is 66.0 Å². The van der Waals surface area contributed by atoms with Gasteiger partial charge in [-0.2, -0.15) is 5.10 Å². The Kier molecular flexibility index (Phi) is 6.15.